The summed E-state index contributed by atoms with van der Waals surface area (Å²) in [4.78, 5) is 0. The fraction of sp³-hybridized carbons (Fsp3) is 0. The third-order valence-electron chi connectivity index (χ3n) is 2.36. The molecule has 96 valence electrons. The summed E-state index contributed by atoms with van der Waals surface area (Å²) >= 11 is 0. The van der Waals surface area contributed by atoms with Gasteiger partial charge in [0, 0.05) is 17.1 Å². The van der Waals surface area contributed by atoms with Crippen molar-refractivity contribution < 1.29 is 0 Å². The van der Waals surface area contributed by atoms with Crippen LogP contribution < -0.4 is 16.8 Å². The average Bonchev–Trinajstić information content (AvgIpc) is 2.40. The Morgan fingerprint density at radius 2 is 1.47 bits per heavy atom. The molecule has 0 aliphatic rings. The summed E-state index contributed by atoms with van der Waals surface area (Å²) in [6.45, 7) is 3.45. The smallest absolute Gasteiger partial charge is 0.138 e. The molecule has 19 heavy (non-hydrogen) atoms. The second kappa shape index (κ2) is 5.68. The van der Waals surface area contributed by atoms with Crippen molar-refractivity contribution in [2.45, 2.75) is 0 Å². The van der Waals surface area contributed by atoms with Gasteiger partial charge in [0.25, 0.3) is 0 Å². The van der Waals surface area contributed by atoms with E-state index in [9.17, 15) is 0 Å². The van der Waals surface area contributed by atoms with Gasteiger partial charge in [0.1, 0.15) is 5.82 Å². The van der Waals surface area contributed by atoms with Gasteiger partial charge in [-0.15, -0.1) is 10.2 Å². The Morgan fingerprint density at radius 3 is 2.00 bits per heavy atom. The van der Waals surface area contributed by atoms with Crippen LogP contribution in [0, 0.1) is 0 Å². The van der Waals surface area contributed by atoms with Gasteiger partial charge >= 0.3 is 0 Å². The molecule has 0 atom stereocenters. The van der Waals surface area contributed by atoms with Gasteiger partial charge < -0.3 is 16.8 Å². The van der Waals surface area contributed by atoms with E-state index in [-0.39, 0.29) is 5.82 Å². The van der Waals surface area contributed by atoms with E-state index in [1.165, 1.54) is 0 Å². The summed E-state index contributed by atoms with van der Waals surface area (Å²) in [6.07, 6.45) is 0. The molecular weight excluding hydrogens is 238 g/mol. The van der Waals surface area contributed by atoms with Gasteiger partial charge in [0.2, 0.25) is 0 Å². The van der Waals surface area contributed by atoms with Gasteiger partial charge in [-0.3, -0.25) is 0 Å². The van der Waals surface area contributed by atoms with Crippen LogP contribution in [0.4, 0.5) is 22.7 Å². The molecule has 0 heterocycles. The number of azo groups is 1. The lowest BCUT2D eigenvalue weighted by Gasteiger charge is -2.06. The number of benzene rings is 2. The summed E-state index contributed by atoms with van der Waals surface area (Å²) in [6, 6.07) is 15.0. The molecule has 5 N–H and O–H groups in total. The van der Waals surface area contributed by atoms with E-state index in [2.05, 4.69) is 22.1 Å². The van der Waals surface area contributed by atoms with Crippen molar-refractivity contribution in [1.29, 1.82) is 0 Å². The first-order chi connectivity index (χ1) is 9.13. The van der Waals surface area contributed by atoms with E-state index >= 15 is 0 Å². The second-order valence-electron chi connectivity index (χ2n) is 3.99. The third-order valence-corrected chi connectivity index (χ3v) is 2.36. The Balaban J connectivity index is 2.06. The van der Waals surface area contributed by atoms with Crippen LogP contribution in [0.25, 0.3) is 0 Å². The van der Waals surface area contributed by atoms with Crippen molar-refractivity contribution in [2.75, 3.05) is 11.1 Å². The number of nitrogens with zero attached hydrogens (tertiary/aromatic N) is 2. The lowest BCUT2D eigenvalue weighted by molar-refractivity contribution is 1.11. The van der Waals surface area contributed by atoms with Crippen LogP contribution in [0.5, 0.6) is 0 Å². The summed E-state index contributed by atoms with van der Waals surface area (Å²) in [5, 5.41) is 10.9. The molecule has 0 spiro atoms. The molecule has 2 aromatic carbocycles. The van der Waals surface area contributed by atoms with E-state index in [1.807, 2.05) is 48.5 Å². The normalized spacial score (nSPS) is 10.5. The maximum Gasteiger partial charge on any atom is 0.138 e. The van der Waals surface area contributed by atoms with Crippen LogP contribution in [0.2, 0.25) is 0 Å². The lowest BCUT2D eigenvalue weighted by atomic mass is 10.2. The van der Waals surface area contributed by atoms with Crippen molar-refractivity contribution >= 4 is 22.7 Å². The monoisotopic (exact) mass is 253 g/mol. The minimum Gasteiger partial charge on any atom is -0.399 e. The minimum absolute atomic E-state index is 0.184. The number of nitrogens with one attached hydrogen (secondary N) is 1. The van der Waals surface area contributed by atoms with E-state index in [0.29, 0.717) is 0 Å². The Hall–Kier alpha value is -2.82. The summed E-state index contributed by atoms with van der Waals surface area (Å²) in [5.41, 5.74) is 14.3. The van der Waals surface area contributed by atoms with Crippen LogP contribution in [0.15, 0.2) is 71.2 Å². The van der Waals surface area contributed by atoms with E-state index in [0.717, 1.165) is 22.7 Å². The maximum absolute atomic E-state index is 5.63. The highest BCUT2D eigenvalue weighted by Gasteiger charge is 1.95. The Labute approximate surface area is 111 Å². The highest BCUT2D eigenvalue weighted by atomic mass is 15.1. The molecule has 5 nitrogen and oxygen atoms in total. The van der Waals surface area contributed by atoms with Gasteiger partial charge in [-0.05, 0) is 48.5 Å². The van der Waals surface area contributed by atoms with E-state index < -0.39 is 0 Å². The number of hydrogen-bond donors (Lipinski definition) is 3. The minimum atomic E-state index is 0.184. The molecule has 0 amide bonds. The average molecular weight is 253 g/mol. The first-order valence-corrected chi connectivity index (χ1v) is 5.72. The molecule has 0 bridgehead atoms. The van der Waals surface area contributed by atoms with Crippen LogP contribution >= 0.6 is 0 Å². The summed E-state index contributed by atoms with van der Waals surface area (Å²) in [7, 11) is 0. The number of anilines is 3. The van der Waals surface area contributed by atoms with Gasteiger partial charge in [0.15, 0.2) is 0 Å². The first kappa shape index (κ1) is 12.6. The van der Waals surface area contributed by atoms with E-state index in [4.69, 9.17) is 11.5 Å². The van der Waals surface area contributed by atoms with Gasteiger partial charge in [-0.25, -0.2) is 0 Å². The van der Waals surface area contributed by atoms with Crippen LogP contribution in [0.3, 0.4) is 0 Å². The fourth-order valence-electron chi connectivity index (χ4n) is 1.47. The van der Waals surface area contributed by atoms with Crippen molar-refractivity contribution in [3.8, 4) is 0 Å². The zero-order valence-corrected chi connectivity index (χ0v) is 10.4. The molecule has 0 aliphatic heterocycles. The number of rotatable bonds is 4. The standard InChI is InChI=1S/C14H15N5/c1-10(15)18-19-14-8-6-13(7-9-14)17-12-4-2-11(16)3-5-12/h2-9,17H,1,15-16H2. The van der Waals surface area contributed by atoms with E-state index in [1.54, 1.807) is 0 Å². The highest BCUT2D eigenvalue weighted by Crippen LogP contribution is 2.21. The lowest BCUT2D eigenvalue weighted by Crippen LogP contribution is -1.90. The van der Waals surface area contributed by atoms with Crippen molar-refractivity contribution in [1.82, 2.24) is 0 Å². The first-order valence-electron chi connectivity index (χ1n) is 5.72. The Morgan fingerprint density at radius 1 is 0.947 bits per heavy atom. The summed E-state index contributed by atoms with van der Waals surface area (Å²) in [5.74, 6) is 0.184. The number of nitrogens with two attached hydrogens (primary N) is 2. The fourth-order valence-corrected chi connectivity index (χ4v) is 1.47. The molecule has 0 radical (unpaired) electrons. The highest BCUT2D eigenvalue weighted by molar-refractivity contribution is 5.63. The Bertz CT molecular complexity index is 584. The quantitative estimate of drug-likeness (QED) is 0.575. The molecular formula is C14H15N5. The van der Waals surface area contributed by atoms with Crippen LogP contribution in [0.1, 0.15) is 0 Å². The molecule has 2 aromatic rings. The summed E-state index contributed by atoms with van der Waals surface area (Å²) < 4.78 is 0. The third kappa shape index (κ3) is 3.85. The van der Waals surface area contributed by atoms with Crippen LogP contribution in [-0.4, -0.2) is 0 Å². The zero-order valence-electron chi connectivity index (χ0n) is 10.4. The van der Waals surface area contributed by atoms with Crippen molar-refractivity contribution in [2.24, 2.45) is 16.0 Å². The van der Waals surface area contributed by atoms with Gasteiger partial charge in [-0.1, -0.05) is 6.58 Å². The topological polar surface area (TPSA) is 88.8 Å². The van der Waals surface area contributed by atoms with Gasteiger partial charge in [-0.2, -0.15) is 0 Å². The zero-order chi connectivity index (χ0) is 13.7. The molecule has 0 saturated heterocycles. The molecule has 0 aliphatic carbocycles. The largest absolute Gasteiger partial charge is 0.399 e. The van der Waals surface area contributed by atoms with Crippen molar-refractivity contribution in [3.63, 3.8) is 0 Å². The second-order valence-corrected chi connectivity index (χ2v) is 3.99. The SMILES string of the molecule is C=C(N)N=Nc1ccc(Nc2ccc(N)cc2)cc1. The van der Waals surface area contributed by atoms with Crippen LogP contribution in [-0.2, 0) is 0 Å². The number of nitrogen functional groups attached to an aromatic ring is 1. The predicted molar refractivity (Wildman–Crippen MR) is 78.4 cm³/mol. The maximum atomic E-state index is 5.63. The van der Waals surface area contributed by atoms with Crippen molar-refractivity contribution in [3.05, 3.63) is 60.9 Å². The Kier molecular flexibility index (Phi) is 3.78. The molecule has 0 unspecified atom stereocenters. The predicted octanol–water partition coefficient (Wildman–Crippen LogP) is 3.53. The molecule has 0 aromatic heterocycles. The molecule has 5 heteroatoms. The van der Waals surface area contributed by atoms with Gasteiger partial charge in [0.05, 0.1) is 5.69 Å². The number of hydrogen-bond acceptors (Lipinski definition) is 5. The molecule has 2 rings (SSSR count). The molecule has 0 saturated carbocycles. The molecule has 0 fully saturated rings.